The Morgan fingerprint density at radius 3 is 2.86 bits per heavy atom. The number of likely N-dealkylation sites (tertiary alicyclic amines) is 1. The Bertz CT molecular complexity index is 454. The number of nitrogens with one attached hydrogen (secondary N) is 1. The molecule has 1 N–H and O–H groups in total. The number of aromatic nitrogens is 1. The molecular formula is C17H25N3O. The van der Waals surface area contributed by atoms with Crippen LogP contribution in [0, 0.1) is 5.92 Å². The third-order valence-electron chi connectivity index (χ3n) is 4.92. The summed E-state index contributed by atoms with van der Waals surface area (Å²) in [4.78, 5) is 18.2. The largest absolute Gasteiger partial charge is 0.356 e. The highest BCUT2D eigenvalue weighted by Gasteiger charge is 2.26. The highest BCUT2D eigenvalue weighted by atomic mass is 16.1. The zero-order valence-corrected chi connectivity index (χ0v) is 12.6. The van der Waals surface area contributed by atoms with Crippen LogP contribution in [0.4, 0.5) is 0 Å². The summed E-state index contributed by atoms with van der Waals surface area (Å²) in [5, 5.41) is 2.98. The first-order valence-electron chi connectivity index (χ1n) is 8.21. The van der Waals surface area contributed by atoms with Crippen LogP contribution in [0.25, 0.3) is 0 Å². The normalized spacial score (nSPS) is 25.3. The summed E-state index contributed by atoms with van der Waals surface area (Å²) >= 11 is 0. The van der Waals surface area contributed by atoms with Gasteiger partial charge in [0.1, 0.15) is 0 Å². The summed E-state index contributed by atoms with van der Waals surface area (Å²) in [6, 6.07) is 4.81. The lowest BCUT2D eigenvalue weighted by molar-refractivity contribution is -0.120. The highest BCUT2D eigenvalue weighted by Crippen LogP contribution is 2.25. The lowest BCUT2D eigenvalue weighted by Crippen LogP contribution is -2.42. The molecule has 2 aliphatic rings. The third kappa shape index (κ3) is 4.03. The van der Waals surface area contributed by atoms with Crippen molar-refractivity contribution in [1.82, 2.24) is 15.2 Å². The van der Waals surface area contributed by atoms with E-state index in [0.717, 1.165) is 31.7 Å². The summed E-state index contributed by atoms with van der Waals surface area (Å²) in [6.07, 6.45) is 10.4. The molecule has 0 aromatic carbocycles. The van der Waals surface area contributed by atoms with Crippen LogP contribution in [-0.2, 0) is 11.2 Å². The maximum Gasteiger partial charge on any atom is 0.220 e. The number of carbonyl (C=O) groups is 1. The second-order valence-corrected chi connectivity index (χ2v) is 6.38. The van der Waals surface area contributed by atoms with Crippen LogP contribution in [0.2, 0.25) is 0 Å². The van der Waals surface area contributed by atoms with Gasteiger partial charge in [-0.3, -0.25) is 9.78 Å². The Balaban J connectivity index is 1.47. The van der Waals surface area contributed by atoms with Crippen LogP contribution >= 0.6 is 0 Å². The van der Waals surface area contributed by atoms with Crippen LogP contribution in [0.5, 0.6) is 0 Å². The quantitative estimate of drug-likeness (QED) is 0.925. The Hall–Kier alpha value is -1.42. The average molecular weight is 287 g/mol. The number of pyridine rings is 1. The van der Waals surface area contributed by atoms with Gasteiger partial charge in [0, 0.05) is 31.4 Å². The predicted octanol–water partition coefficient (Wildman–Crippen LogP) is 2.00. The standard InChI is InChI=1S/C17H25N3O/c21-17-4-3-16(5-9-19-17)20-10-6-14(7-11-20)12-15-2-1-8-18-13-15/h1-2,8,13-14,16H,3-7,9-12H2,(H,19,21)/t16-/m0/s1. The second kappa shape index (κ2) is 7.03. The van der Waals surface area contributed by atoms with Crippen molar-refractivity contribution < 1.29 is 4.79 Å². The maximum absolute atomic E-state index is 11.4. The van der Waals surface area contributed by atoms with E-state index >= 15 is 0 Å². The number of nitrogens with zero attached hydrogens (tertiary/aromatic N) is 2. The molecule has 0 bridgehead atoms. The molecule has 1 amide bonds. The van der Waals surface area contributed by atoms with Crippen molar-refractivity contribution in [3.05, 3.63) is 30.1 Å². The van der Waals surface area contributed by atoms with Crippen molar-refractivity contribution in [2.45, 2.75) is 44.6 Å². The minimum Gasteiger partial charge on any atom is -0.356 e. The zero-order valence-electron chi connectivity index (χ0n) is 12.6. The Kier molecular flexibility index (Phi) is 4.86. The van der Waals surface area contributed by atoms with E-state index in [1.165, 1.54) is 31.5 Å². The molecule has 0 saturated carbocycles. The van der Waals surface area contributed by atoms with Gasteiger partial charge in [0.2, 0.25) is 5.91 Å². The Morgan fingerprint density at radius 2 is 2.10 bits per heavy atom. The van der Waals surface area contributed by atoms with E-state index in [4.69, 9.17) is 0 Å². The van der Waals surface area contributed by atoms with Crippen LogP contribution in [0.15, 0.2) is 24.5 Å². The molecular weight excluding hydrogens is 262 g/mol. The fourth-order valence-electron chi connectivity index (χ4n) is 3.65. The molecule has 4 nitrogen and oxygen atoms in total. The molecule has 2 fully saturated rings. The van der Waals surface area contributed by atoms with E-state index in [1.54, 1.807) is 0 Å². The van der Waals surface area contributed by atoms with Crippen molar-refractivity contribution in [2.24, 2.45) is 5.92 Å². The molecule has 3 rings (SSSR count). The number of hydrogen-bond acceptors (Lipinski definition) is 3. The van der Waals surface area contributed by atoms with Crippen LogP contribution in [0.3, 0.4) is 0 Å². The lowest BCUT2D eigenvalue weighted by Gasteiger charge is -2.37. The SMILES string of the molecule is O=C1CC[C@H](N2CCC(Cc3cccnc3)CC2)CCN1. The number of amides is 1. The van der Waals surface area contributed by atoms with Crippen molar-refractivity contribution in [1.29, 1.82) is 0 Å². The van der Waals surface area contributed by atoms with Gasteiger partial charge in [0.25, 0.3) is 0 Å². The van der Waals surface area contributed by atoms with E-state index in [0.29, 0.717) is 12.5 Å². The number of hydrogen-bond donors (Lipinski definition) is 1. The minimum atomic E-state index is 0.226. The fraction of sp³-hybridized carbons (Fsp3) is 0.647. The fourth-order valence-corrected chi connectivity index (χ4v) is 3.65. The second-order valence-electron chi connectivity index (χ2n) is 6.38. The number of piperidine rings is 1. The zero-order chi connectivity index (χ0) is 14.5. The molecule has 3 heterocycles. The van der Waals surface area contributed by atoms with Gasteiger partial charge in [-0.1, -0.05) is 6.07 Å². The Labute approximate surface area is 126 Å². The molecule has 0 unspecified atom stereocenters. The van der Waals surface area contributed by atoms with E-state index < -0.39 is 0 Å². The van der Waals surface area contributed by atoms with Crippen LogP contribution < -0.4 is 5.32 Å². The molecule has 1 aromatic rings. The van der Waals surface area contributed by atoms with Crippen molar-refractivity contribution in [3.63, 3.8) is 0 Å². The van der Waals surface area contributed by atoms with E-state index in [1.807, 2.05) is 18.5 Å². The van der Waals surface area contributed by atoms with Crippen molar-refractivity contribution in [2.75, 3.05) is 19.6 Å². The first-order valence-corrected chi connectivity index (χ1v) is 8.21. The molecule has 2 saturated heterocycles. The van der Waals surface area contributed by atoms with Gasteiger partial charge in [0.15, 0.2) is 0 Å². The summed E-state index contributed by atoms with van der Waals surface area (Å²) in [6.45, 7) is 3.21. The Morgan fingerprint density at radius 1 is 1.24 bits per heavy atom. The van der Waals surface area contributed by atoms with Crippen molar-refractivity contribution in [3.8, 4) is 0 Å². The van der Waals surface area contributed by atoms with Gasteiger partial charge in [-0.15, -0.1) is 0 Å². The summed E-state index contributed by atoms with van der Waals surface area (Å²) in [5.41, 5.74) is 1.36. The summed E-state index contributed by atoms with van der Waals surface area (Å²) in [5.74, 6) is 1.01. The summed E-state index contributed by atoms with van der Waals surface area (Å²) in [7, 11) is 0. The molecule has 0 aliphatic carbocycles. The molecule has 114 valence electrons. The highest BCUT2D eigenvalue weighted by molar-refractivity contribution is 5.76. The summed E-state index contributed by atoms with van der Waals surface area (Å²) < 4.78 is 0. The topological polar surface area (TPSA) is 45.2 Å². The van der Waals surface area contributed by atoms with Gasteiger partial charge < -0.3 is 10.2 Å². The molecule has 0 spiro atoms. The van der Waals surface area contributed by atoms with Gasteiger partial charge in [-0.05, 0) is 62.7 Å². The number of rotatable bonds is 3. The van der Waals surface area contributed by atoms with E-state index in [2.05, 4.69) is 21.3 Å². The first-order chi connectivity index (χ1) is 10.3. The van der Waals surface area contributed by atoms with Crippen molar-refractivity contribution >= 4 is 5.91 Å². The molecule has 21 heavy (non-hydrogen) atoms. The van der Waals surface area contributed by atoms with Crippen LogP contribution in [-0.4, -0.2) is 41.5 Å². The van der Waals surface area contributed by atoms with E-state index in [-0.39, 0.29) is 5.91 Å². The van der Waals surface area contributed by atoms with Crippen LogP contribution in [0.1, 0.15) is 37.7 Å². The molecule has 1 aromatic heterocycles. The number of carbonyl (C=O) groups excluding carboxylic acids is 1. The van der Waals surface area contributed by atoms with Gasteiger partial charge in [-0.2, -0.15) is 0 Å². The lowest BCUT2D eigenvalue weighted by atomic mass is 9.89. The minimum absolute atomic E-state index is 0.226. The third-order valence-corrected chi connectivity index (χ3v) is 4.92. The molecule has 0 radical (unpaired) electrons. The van der Waals surface area contributed by atoms with E-state index in [9.17, 15) is 4.79 Å². The van der Waals surface area contributed by atoms with Gasteiger partial charge in [-0.25, -0.2) is 0 Å². The maximum atomic E-state index is 11.4. The first kappa shape index (κ1) is 14.5. The average Bonchev–Trinajstić information content (AvgIpc) is 2.74. The molecule has 1 atom stereocenters. The predicted molar refractivity (Wildman–Crippen MR) is 82.9 cm³/mol. The van der Waals surface area contributed by atoms with Gasteiger partial charge >= 0.3 is 0 Å². The smallest absolute Gasteiger partial charge is 0.220 e. The monoisotopic (exact) mass is 287 g/mol. The van der Waals surface area contributed by atoms with Gasteiger partial charge in [0.05, 0.1) is 0 Å². The molecule has 2 aliphatic heterocycles. The molecule has 4 heteroatoms.